The average Bonchev–Trinajstić information content (AvgIpc) is 3.18. The Balaban J connectivity index is 1.33. The van der Waals surface area contributed by atoms with E-state index in [2.05, 4.69) is 11.4 Å². The minimum absolute atomic E-state index is 0.0204. The molecule has 0 unspecified atom stereocenters. The van der Waals surface area contributed by atoms with Crippen LogP contribution in [0.2, 0.25) is 0 Å². The molecular formula is C23H33N3O3. The van der Waals surface area contributed by atoms with Crippen molar-refractivity contribution in [1.29, 1.82) is 0 Å². The standard InChI is InChI=1S/C23H33N3O3/c1-17-12-18(2)14-19(13-17)24-22(28)25-9-7-23(8-10-25)6-5-21(27)26(16-23)15-20-4-3-11-29-20/h12-14,20H,3-11,15-16H2,1-2H3,(H,24,28)/t20-/m0/s1. The fraction of sp³-hybridized carbons (Fsp3) is 0.652. The zero-order chi connectivity index (χ0) is 20.4. The Morgan fingerprint density at radius 2 is 1.90 bits per heavy atom. The highest BCUT2D eigenvalue weighted by Crippen LogP contribution is 2.40. The first-order chi connectivity index (χ1) is 13.9. The first kappa shape index (κ1) is 20.2. The molecule has 158 valence electrons. The Hall–Kier alpha value is -2.08. The molecule has 3 fully saturated rings. The monoisotopic (exact) mass is 399 g/mol. The molecule has 6 heteroatoms. The molecule has 1 atom stereocenters. The van der Waals surface area contributed by atoms with Gasteiger partial charge in [-0.3, -0.25) is 4.79 Å². The molecule has 3 aliphatic heterocycles. The van der Waals surface area contributed by atoms with E-state index in [-0.39, 0.29) is 23.5 Å². The Kier molecular flexibility index (Phi) is 5.81. The molecule has 1 N–H and O–H groups in total. The van der Waals surface area contributed by atoms with E-state index in [1.807, 2.05) is 35.8 Å². The number of benzene rings is 1. The van der Waals surface area contributed by atoms with E-state index in [4.69, 9.17) is 4.74 Å². The zero-order valence-electron chi connectivity index (χ0n) is 17.7. The van der Waals surface area contributed by atoms with Gasteiger partial charge in [-0.2, -0.15) is 0 Å². The molecule has 1 spiro atoms. The summed E-state index contributed by atoms with van der Waals surface area (Å²) in [4.78, 5) is 29.1. The fourth-order valence-electron chi connectivity index (χ4n) is 5.14. The summed E-state index contributed by atoms with van der Waals surface area (Å²) in [5.41, 5.74) is 3.31. The molecule has 3 heterocycles. The third kappa shape index (κ3) is 4.74. The van der Waals surface area contributed by atoms with Gasteiger partial charge in [0.15, 0.2) is 0 Å². The minimum atomic E-state index is -0.0204. The van der Waals surface area contributed by atoms with Gasteiger partial charge in [0.2, 0.25) is 5.91 Å². The quantitative estimate of drug-likeness (QED) is 0.843. The predicted molar refractivity (Wildman–Crippen MR) is 113 cm³/mol. The second-order valence-corrected chi connectivity index (χ2v) is 9.20. The second kappa shape index (κ2) is 8.34. The van der Waals surface area contributed by atoms with E-state index in [1.54, 1.807) is 0 Å². The third-order valence-corrected chi connectivity index (χ3v) is 6.78. The Morgan fingerprint density at radius 1 is 1.17 bits per heavy atom. The number of aryl methyl sites for hydroxylation is 2. The molecule has 1 aromatic carbocycles. The highest BCUT2D eigenvalue weighted by atomic mass is 16.5. The van der Waals surface area contributed by atoms with E-state index < -0.39 is 0 Å². The largest absolute Gasteiger partial charge is 0.376 e. The van der Waals surface area contributed by atoms with Crippen LogP contribution in [-0.4, -0.2) is 60.6 Å². The second-order valence-electron chi connectivity index (χ2n) is 9.20. The van der Waals surface area contributed by atoms with E-state index in [1.165, 1.54) is 0 Å². The van der Waals surface area contributed by atoms with Crippen molar-refractivity contribution in [3.8, 4) is 0 Å². The van der Waals surface area contributed by atoms with Crippen LogP contribution in [0.5, 0.6) is 0 Å². The number of hydrogen-bond donors (Lipinski definition) is 1. The molecule has 29 heavy (non-hydrogen) atoms. The Morgan fingerprint density at radius 3 is 2.55 bits per heavy atom. The highest BCUT2D eigenvalue weighted by Gasteiger charge is 2.42. The van der Waals surface area contributed by atoms with E-state index in [0.29, 0.717) is 6.42 Å². The van der Waals surface area contributed by atoms with E-state index >= 15 is 0 Å². The van der Waals surface area contributed by atoms with Crippen molar-refractivity contribution in [3.05, 3.63) is 29.3 Å². The van der Waals surface area contributed by atoms with Crippen LogP contribution in [0.4, 0.5) is 10.5 Å². The molecule has 1 aromatic rings. The van der Waals surface area contributed by atoms with Gasteiger partial charge in [-0.15, -0.1) is 0 Å². The fourth-order valence-corrected chi connectivity index (χ4v) is 5.14. The topological polar surface area (TPSA) is 61.9 Å². The normalized spacial score (nSPS) is 24.2. The molecule has 3 aliphatic rings. The van der Waals surface area contributed by atoms with Gasteiger partial charge in [-0.25, -0.2) is 4.79 Å². The van der Waals surface area contributed by atoms with Crippen LogP contribution in [0.3, 0.4) is 0 Å². The molecular weight excluding hydrogens is 366 g/mol. The number of hydrogen-bond acceptors (Lipinski definition) is 3. The third-order valence-electron chi connectivity index (χ3n) is 6.78. The van der Waals surface area contributed by atoms with Crippen LogP contribution in [0.1, 0.15) is 49.7 Å². The number of nitrogens with zero attached hydrogens (tertiary/aromatic N) is 2. The van der Waals surface area contributed by atoms with Gasteiger partial charge in [-0.05, 0) is 74.6 Å². The maximum atomic E-state index is 12.7. The summed E-state index contributed by atoms with van der Waals surface area (Å²) in [6.45, 7) is 7.95. The van der Waals surface area contributed by atoms with Crippen molar-refractivity contribution in [3.63, 3.8) is 0 Å². The highest BCUT2D eigenvalue weighted by molar-refractivity contribution is 5.89. The minimum Gasteiger partial charge on any atom is -0.376 e. The van der Waals surface area contributed by atoms with Gasteiger partial charge in [0.05, 0.1) is 6.10 Å². The van der Waals surface area contributed by atoms with Crippen LogP contribution < -0.4 is 5.32 Å². The lowest BCUT2D eigenvalue weighted by atomic mass is 9.72. The molecule has 0 radical (unpaired) electrons. The van der Waals surface area contributed by atoms with Crippen molar-refractivity contribution >= 4 is 17.6 Å². The van der Waals surface area contributed by atoms with Gasteiger partial charge in [-0.1, -0.05) is 6.07 Å². The summed E-state index contributed by atoms with van der Waals surface area (Å²) in [6, 6.07) is 6.10. The lowest BCUT2D eigenvalue weighted by Crippen LogP contribution is -2.54. The van der Waals surface area contributed by atoms with Crippen LogP contribution >= 0.6 is 0 Å². The number of amides is 3. The van der Waals surface area contributed by atoms with E-state index in [0.717, 1.165) is 81.7 Å². The van der Waals surface area contributed by atoms with E-state index in [9.17, 15) is 9.59 Å². The smallest absolute Gasteiger partial charge is 0.321 e. The zero-order valence-corrected chi connectivity index (χ0v) is 17.7. The lowest BCUT2D eigenvalue weighted by Gasteiger charge is -2.47. The molecule has 0 saturated carbocycles. The van der Waals surface area contributed by atoms with Gasteiger partial charge >= 0.3 is 6.03 Å². The number of carbonyl (C=O) groups is 2. The molecule has 3 amide bonds. The maximum Gasteiger partial charge on any atom is 0.321 e. The van der Waals surface area contributed by atoms with Crippen LogP contribution in [0.15, 0.2) is 18.2 Å². The number of ether oxygens (including phenoxy) is 1. The number of piperidine rings is 2. The molecule has 4 rings (SSSR count). The Bertz CT molecular complexity index is 744. The predicted octanol–water partition coefficient (Wildman–Crippen LogP) is 3.72. The first-order valence-corrected chi connectivity index (χ1v) is 11.0. The van der Waals surface area contributed by atoms with Gasteiger partial charge in [0.1, 0.15) is 0 Å². The number of anilines is 1. The molecule has 3 saturated heterocycles. The van der Waals surface area contributed by atoms with Crippen molar-refractivity contribution < 1.29 is 14.3 Å². The maximum absolute atomic E-state index is 12.7. The summed E-state index contributed by atoms with van der Waals surface area (Å²) in [7, 11) is 0. The molecule has 6 nitrogen and oxygen atoms in total. The number of nitrogens with one attached hydrogen (secondary N) is 1. The van der Waals surface area contributed by atoms with Crippen LogP contribution in [0.25, 0.3) is 0 Å². The van der Waals surface area contributed by atoms with Gasteiger partial charge < -0.3 is 19.9 Å². The summed E-state index contributed by atoms with van der Waals surface area (Å²) < 4.78 is 5.75. The number of urea groups is 1. The van der Waals surface area contributed by atoms with Crippen LogP contribution in [-0.2, 0) is 9.53 Å². The van der Waals surface area contributed by atoms with Crippen LogP contribution in [0, 0.1) is 19.3 Å². The molecule has 0 aromatic heterocycles. The first-order valence-electron chi connectivity index (χ1n) is 11.0. The van der Waals surface area contributed by atoms with Gasteiger partial charge in [0, 0.05) is 44.9 Å². The number of rotatable bonds is 3. The molecule has 0 aliphatic carbocycles. The summed E-state index contributed by atoms with van der Waals surface area (Å²) in [5.74, 6) is 0.265. The van der Waals surface area contributed by atoms with Crippen molar-refractivity contribution in [2.45, 2.75) is 58.5 Å². The van der Waals surface area contributed by atoms with Crippen molar-refractivity contribution in [2.24, 2.45) is 5.41 Å². The number of carbonyl (C=O) groups excluding carboxylic acids is 2. The summed E-state index contributed by atoms with van der Waals surface area (Å²) in [6.07, 6.45) is 5.86. The van der Waals surface area contributed by atoms with Gasteiger partial charge in [0.25, 0.3) is 0 Å². The molecule has 0 bridgehead atoms. The lowest BCUT2D eigenvalue weighted by molar-refractivity contribution is -0.140. The average molecular weight is 400 g/mol. The number of likely N-dealkylation sites (tertiary alicyclic amines) is 2. The Labute approximate surface area is 173 Å². The SMILES string of the molecule is Cc1cc(C)cc(NC(=O)N2CCC3(CCC(=O)N(C[C@@H]4CCCO4)C3)CC2)c1. The van der Waals surface area contributed by atoms with Crippen molar-refractivity contribution in [2.75, 3.05) is 38.1 Å². The summed E-state index contributed by atoms with van der Waals surface area (Å²) >= 11 is 0. The summed E-state index contributed by atoms with van der Waals surface area (Å²) in [5, 5.41) is 3.05. The van der Waals surface area contributed by atoms with Crippen molar-refractivity contribution in [1.82, 2.24) is 9.80 Å².